The molecule has 1 saturated heterocycles. The van der Waals surface area contributed by atoms with E-state index in [0.29, 0.717) is 35.6 Å². The van der Waals surface area contributed by atoms with Crippen molar-refractivity contribution in [3.05, 3.63) is 95.7 Å². The zero-order chi connectivity index (χ0) is 27.6. The number of amides is 2. The first-order chi connectivity index (χ1) is 18.7. The van der Waals surface area contributed by atoms with Crippen molar-refractivity contribution in [2.45, 2.75) is 52.0 Å². The van der Waals surface area contributed by atoms with E-state index in [-0.39, 0.29) is 23.3 Å². The summed E-state index contributed by atoms with van der Waals surface area (Å²) in [5.74, 6) is -0.192. The van der Waals surface area contributed by atoms with Crippen molar-refractivity contribution in [2.75, 3.05) is 18.4 Å². The number of nitrogens with one attached hydrogen (secondary N) is 1. The molecule has 1 aliphatic rings. The third-order valence-electron chi connectivity index (χ3n) is 7.10. The summed E-state index contributed by atoms with van der Waals surface area (Å²) in [6.07, 6.45) is 8.53. The van der Waals surface area contributed by atoms with Crippen LogP contribution in [0.4, 0.5) is 5.69 Å². The molecule has 1 aliphatic heterocycles. The second-order valence-corrected chi connectivity index (χ2v) is 11.1. The van der Waals surface area contributed by atoms with Gasteiger partial charge in [0.15, 0.2) is 0 Å². The number of carbonyl (C=O) groups is 2. The van der Waals surface area contributed by atoms with Crippen LogP contribution in [0.2, 0.25) is 0 Å². The van der Waals surface area contributed by atoms with Crippen LogP contribution in [0.25, 0.3) is 11.3 Å². The van der Waals surface area contributed by atoms with Gasteiger partial charge in [-0.1, -0.05) is 44.5 Å². The molecule has 4 heterocycles. The van der Waals surface area contributed by atoms with Crippen LogP contribution in [-0.2, 0) is 5.41 Å². The van der Waals surface area contributed by atoms with Gasteiger partial charge in [0.05, 0.1) is 29.2 Å². The molecular formula is C31H34N6O2. The number of hydrogen-bond donors (Lipinski definition) is 1. The second kappa shape index (κ2) is 10.8. The van der Waals surface area contributed by atoms with Crippen LogP contribution in [0.3, 0.4) is 0 Å². The van der Waals surface area contributed by atoms with Crippen molar-refractivity contribution >= 4 is 17.5 Å². The Kier molecular flexibility index (Phi) is 7.28. The van der Waals surface area contributed by atoms with Gasteiger partial charge in [-0.05, 0) is 50.1 Å². The predicted octanol–water partition coefficient (Wildman–Crippen LogP) is 5.68. The molecule has 0 aliphatic carbocycles. The fourth-order valence-corrected chi connectivity index (χ4v) is 4.90. The van der Waals surface area contributed by atoms with Gasteiger partial charge >= 0.3 is 0 Å². The fraction of sp³-hybridized carbons (Fsp3) is 0.323. The Balaban J connectivity index is 1.22. The number of aryl methyl sites for hydroxylation is 1. The minimum Gasteiger partial charge on any atom is -0.338 e. The number of nitrogens with zero attached hydrogens (tertiary/aromatic N) is 5. The maximum Gasteiger partial charge on any atom is 0.257 e. The summed E-state index contributed by atoms with van der Waals surface area (Å²) in [5.41, 5.74) is 5.26. The van der Waals surface area contributed by atoms with E-state index < -0.39 is 0 Å². The molecule has 0 bridgehead atoms. The number of rotatable bonds is 5. The number of pyridine rings is 2. The van der Waals surface area contributed by atoms with Gasteiger partial charge in [0, 0.05) is 53.9 Å². The number of anilines is 1. The van der Waals surface area contributed by atoms with Gasteiger partial charge in [-0.25, -0.2) is 0 Å². The number of aromatic nitrogens is 4. The molecule has 200 valence electrons. The molecule has 3 aromatic heterocycles. The maximum absolute atomic E-state index is 13.2. The first kappa shape index (κ1) is 26.3. The van der Waals surface area contributed by atoms with Gasteiger partial charge in [0.2, 0.25) is 0 Å². The smallest absolute Gasteiger partial charge is 0.257 e. The largest absolute Gasteiger partial charge is 0.338 e. The third-order valence-corrected chi connectivity index (χ3v) is 7.10. The van der Waals surface area contributed by atoms with Crippen LogP contribution in [0, 0.1) is 6.92 Å². The van der Waals surface area contributed by atoms with Crippen LogP contribution in [0.1, 0.15) is 71.6 Å². The van der Waals surface area contributed by atoms with E-state index in [2.05, 4.69) is 41.2 Å². The molecule has 8 nitrogen and oxygen atoms in total. The van der Waals surface area contributed by atoms with Crippen LogP contribution in [0.5, 0.6) is 0 Å². The lowest BCUT2D eigenvalue weighted by atomic mass is 9.90. The molecule has 0 unspecified atom stereocenters. The molecule has 0 radical (unpaired) electrons. The van der Waals surface area contributed by atoms with E-state index in [1.807, 2.05) is 53.0 Å². The Morgan fingerprint density at radius 1 is 0.974 bits per heavy atom. The lowest BCUT2D eigenvalue weighted by Crippen LogP contribution is -2.39. The van der Waals surface area contributed by atoms with Crippen molar-refractivity contribution in [1.29, 1.82) is 0 Å². The average molecular weight is 523 g/mol. The summed E-state index contributed by atoms with van der Waals surface area (Å²) in [6, 6.07) is 15.4. The second-order valence-electron chi connectivity index (χ2n) is 11.1. The Bertz CT molecular complexity index is 1490. The van der Waals surface area contributed by atoms with Crippen molar-refractivity contribution in [3.8, 4) is 11.3 Å². The van der Waals surface area contributed by atoms with Crippen molar-refractivity contribution in [1.82, 2.24) is 24.6 Å². The Morgan fingerprint density at radius 2 is 1.77 bits per heavy atom. The highest BCUT2D eigenvalue weighted by atomic mass is 16.2. The molecule has 2 amide bonds. The highest BCUT2D eigenvalue weighted by Gasteiger charge is 2.26. The molecule has 8 heteroatoms. The molecule has 0 atom stereocenters. The normalized spacial score (nSPS) is 14.3. The van der Waals surface area contributed by atoms with Crippen molar-refractivity contribution in [2.24, 2.45) is 0 Å². The lowest BCUT2D eigenvalue weighted by Gasteiger charge is -2.32. The zero-order valence-electron chi connectivity index (χ0n) is 22.9. The molecule has 5 rings (SSSR count). The Labute approximate surface area is 229 Å². The van der Waals surface area contributed by atoms with Gasteiger partial charge in [0.1, 0.15) is 0 Å². The van der Waals surface area contributed by atoms with Crippen LogP contribution < -0.4 is 5.32 Å². The van der Waals surface area contributed by atoms with E-state index in [4.69, 9.17) is 0 Å². The highest BCUT2D eigenvalue weighted by Crippen LogP contribution is 2.27. The third kappa shape index (κ3) is 5.90. The maximum atomic E-state index is 13.2. The van der Waals surface area contributed by atoms with E-state index in [1.54, 1.807) is 36.8 Å². The summed E-state index contributed by atoms with van der Waals surface area (Å²) in [7, 11) is 0. The molecule has 0 saturated carbocycles. The molecule has 4 aromatic rings. The summed E-state index contributed by atoms with van der Waals surface area (Å²) >= 11 is 0. The van der Waals surface area contributed by atoms with Crippen LogP contribution in [0.15, 0.2) is 73.3 Å². The van der Waals surface area contributed by atoms with Gasteiger partial charge < -0.3 is 10.2 Å². The summed E-state index contributed by atoms with van der Waals surface area (Å²) in [5, 5.41) is 7.50. The van der Waals surface area contributed by atoms with E-state index in [1.165, 1.54) is 0 Å². The van der Waals surface area contributed by atoms with Gasteiger partial charge in [-0.3, -0.25) is 24.2 Å². The number of piperidine rings is 1. The summed E-state index contributed by atoms with van der Waals surface area (Å²) in [6.45, 7) is 9.59. The Hall–Kier alpha value is -4.33. The summed E-state index contributed by atoms with van der Waals surface area (Å²) in [4.78, 5) is 37.2. The van der Waals surface area contributed by atoms with Gasteiger partial charge in [0.25, 0.3) is 11.8 Å². The van der Waals surface area contributed by atoms with Gasteiger partial charge in [-0.15, -0.1) is 0 Å². The number of benzene rings is 1. The first-order valence-electron chi connectivity index (χ1n) is 13.3. The summed E-state index contributed by atoms with van der Waals surface area (Å²) < 4.78 is 1.90. The number of carbonyl (C=O) groups excluding carboxylic acids is 2. The number of likely N-dealkylation sites (tertiary alicyclic amines) is 1. The monoisotopic (exact) mass is 522 g/mol. The minimum absolute atomic E-state index is 0.0376. The quantitative estimate of drug-likeness (QED) is 0.364. The molecule has 39 heavy (non-hydrogen) atoms. The van der Waals surface area contributed by atoms with Crippen LogP contribution >= 0.6 is 0 Å². The van der Waals surface area contributed by atoms with E-state index >= 15 is 0 Å². The highest BCUT2D eigenvalue weighted by molar-refractivity contribution is 6.08. The average Bonchev–Trinajstić information content (AvgIpc) is 3.41. The first-order valence-corrected chi connectivity index (χ1v) is 13.3. The molecule has 1 N–H and O–H groups in total. The lowest BCUT2D eigenvalue weighted by molar-refractivity contribution is 0.0689. The van der Waals surface area contributed by atoms with E-state index in [9.17, 15) is 9.59 Å². The van der Waals surface area contributed by atoms with E-state index in [0.717, 1.165) is 29.7 Å². The Morgan fingerprint density at radius 3 is 2.51 bits per heavy atom. The number of hydrogen-bond acceptors (Lipinski definition) is 5. The molecule has 0 spiro atoms. The molecule has 1 fully saturated rings. The van der Waals surface area contributed by atoms with Gasteiger partial charge in [-0.2, -0.15) is 5.10 Å². The molecule has 1 aromatic carbocycles. The standard InChI is InChI=1S/C31H34N6O2/c1-21-7-5-8-22(17-21)28-26(9-6-13-33-28)29(38)35-24-19-34-37(20-24)25-11-15-36(16-12-25)30(39)23-10-14-32-27(18-23)31(2,3)4/h5-10,13-14,17-20,25H,11-12,15-16H2,1-4H3,(H,35,38). The van der Waals surface area contributed by atoms with Crippen molar-refractivity contribution in [3.63, 3.8) is 0 Å². The molecular weight excluding hydrogens is 488 g/mol. The zero-order valence-corrected chi connectivity index (χ0v) is 22.9. The SMILES string of the molecule is Cc1cccc(-c2ncccc2C(=O)Nc2cnn(C3CCN(C(=O)c4ccnc(C(C)(C)C)c4)CC3)c2)c1. The van der Waals surface area contributed by atoms with Crippen LogP contribution in [-0.4, -0.2) is 49.6 Å². The minimum atomic E-state index is -0.230. The van der Waals surface area contributed by atoms with Crippen molar-refractivity contribution < 1.29 is 9.59 Å². The fourth-order valence-electron chi connectivity index (χ4n) is 4.90. The predicted molar refractivity (Wildman–Crippen MR) is 152 cm³/mol. The topological polar surface area (TPSA) is 93.0 Å².